The molecule has 3 nitrogen and oxygen atoms in total. The van der Waals surface area contributed by atoms with E-state index in [2.05, 4.69) is 20.7 Å². The molecule has 2 rings (SSSR count). The van der Waals surface area contributed by atoms with Crippen LogP contribution in [0.25, 0.3) is 0 Å². The van der Waals surface area contributed by atoms with Crippen LogP contribution in [0.1, 0.15) is 0 Å². The Kier molecular flexibility index (Phi) is 4.23. The minimum absolute atomic E-state index is 0.161. The number of halogens is 3. The largest absolute Gasteiger partial charge is 0.278 e. The van der Waals surface area contributed by atoms with Crippen molar-refractivity contribution in [2.75, 3.05) is 4.72 Å². The molecule has 8 heteroatoms. The van der Waals surface area contributed by atoms with Gasteiger partial charge in [0.1, 0.15) is 4.21 Å². The number of hydrogen-bond acceptors (Lipinski definition) is 3. The van der Waals surface area contributed by atoms with Gasteiger partial charge in [-0.1, -0.05) is 23.2 Å². The molecule has 2 aromatic rings. The molecular formula is C10H6BrCl2NO2S2. The zero-order valence-corrected chi connectivity index (χ0v) is 13.4. The van der Waals surface area contributed by atoms with E-state index in [-0.39, 0.29) is 4.21 Å². The number of rotatable bonds is 3. The van der Waals surface area contributed by atoms with Crippen molar-refractivity contribution in [3.05, 3.63) is 44.2 Å². The van der Waals surface area contributed by atoms with Crippen LogP contribution in [-0.4, -0.2) is 8.42 Å². The molecule has 0 aliphatic heterocycles. The van der Waals surface area contributed by atoms with Crippen LogP contribution in [0.3, 0.4) is 0 Å². The highest BCUT2D eigenvalue weighted by Gasteiger charge is 2.17. The summed E-state index contributed by atoms with van der Waals surface area (Å²) in [5, 5.41) is 0.518. The average molecular weight is 387 g/mol. The number of benzene rings is 1. The van der Waals surface area contributed by atoms with Crippen molar-refractivity contribution in [1.82, 2.24) is 0 Å². The Balaban J connectivity index is 2.33. The summed E-state index contributed by atoms with van der Waals surface area (Å²) in [6.07, 6.45) is 0. The van der Waals surface area contributed by atoms with Crippen LogP contribution in [-0.2, 0) is 10.0 Å². The fourth-order valence-electron chi connectivity index (χ4n) is 1.21. The topological polar surface area (TPSA) is 46.2 Å². The molecule has 0 bridgehead atoms. The summed E-state index contributed by atoms with van der Waals surface area (Å²) >= 11 is 15.7. The van der Waals surface area contributed by atoms with Crippen LogP contribution >= 0.6 is 50.5 Å². The van der Waals surface area contributed by atoms with Gasteiger partial charge in [0, 0.05) is 9.50 Å². The van der Waals surface area contributed by atoms with Crippen LogP contribution in [0, 0.1) is 0 Å². The summed E-state index contributed by atoms with van der Waals surface area (Å²) in [7, 11) is -3.62. The smallest absolute Gasteiger partial charge is 0.271 e. The molecule has 0 saturated heterocycles. The lowest BCUT2D eigenvalue weighted by Crippen LogP contribution is -2.11. The Morgan fingerprint density at radius 1 is 1.17 bits per heavy atom. The van der Waals surface area contributed by atoms with E-state index in [0.717, 1.165) is 11.3 Å². The average Bonchev–Trinajstić information content (AvgIpc) is 2.70. The first kappa shape index (κ1) is 14.1. The van der Waals surface area contributed by atoms with E-state index in [0.29, 0.717) is 19.5 Å². The van der Waals surface area contributed by atoms with Gasteiger partial charge in [-0.2, -0.15) is 0 Å². The maximum atomic E-state index is 12.0. The fourth-order valence-corrected chi connectivity index (χ4v) is 4.68. The number of nitrogens with one attached hydrogen (secondary N) is 1. The first-order valence-corrected chi connectivity index (χ1v) is 8.46. The maximum Gasteiger partial charge on any atom is 0.271 e. The fraction of sp³-hybridized carbons (Fsp3) is 0. The molecule has 0 aliphatic carbocycles. The molecule has 0 spiro atoms. The highest BCUT2D eigenvalue weighted by atomic mass is 79.9. The number of anilines is 1. The quantitative estimate of drug-likeness (QED) is 0.836. The molecule has 0 radical (unpaired) electrons. The van der Waals surface area contributed by atoms with Crippen LogP contribution < -0.4 is 4.72 Å². The van der Waals surface area contributed by atoms with Gasteiger partial charge in [0.15, 0.2) is 0 Å². The van der Waals surface area contributed by atoms with E-state index >= 15 is 0 Å². The van der Waals surface area contributed by atoms with Gasteiger partial charge in [-0.25, -0.2) is 8.42 Å². The van der Waals surface area contributed by atoms with Crippen LogP contribution in [0.4, 0.5) is 5.69 Å². The van der Waals surface area contributed by atoms with Gasteiger partial charge in [-0.15, -0.1) is 11.3 Å². The monoisotopic (exact) mass is 385 g/mol. The van der Waals surface area contributed by atoms with Gasteiger partial charge in [0.05, 0.1) is 10.0 Å². The number of sulfonamides is 1. The molecule has 0 amide bonds. The van der Waals surface area contributed by atoms with Crippen molar-refractivity contribution in [3.8, 4) is 0 Å². The minimum atomic E-state index is -3.62. The zero-order chi connectivity index (χ0) is 13.3. The zero-order valence-electron chi connectivity index (χ0n) is 8.65. The molecule has 1 aromatic carbocycles. The molecule has 18 heavy (non-hydrogen) atoms. The molecule has 1 heterocycles. The van der Waals surface area contributed by atoms with Crippen molar-refractivity contribution in [2.24, 2.45) is 0 Å². The first-order chi connectivity index (χ1) is 8.38. The summed E-state index contributed by atoms with van der Waals surface area (Å²) in [6, 6.07) is 7.79. The molecule has 0 atom stereocenters. The van der Waals surface area contributed by atoms with Gasteiger partial charge in [-0.05, 0) is 46.3 Å². The Labute approximate surface area is 127 Å². The standard InChI is InChI=1S/C10H6BrCl2NO2S2/c11-7-5-6(12)1-2-8(7)14-18(15,16)10-4-3-9(13)17-10/h1-5,14H. The highest BCUT2D eigenvalue weighted by Crippen LogP contribution is 2.31. The number of thiophene rings is 1. The van der Waals surface area contributed by atoms with E-state index in [4.69, 9.17) is 23.2 Å². The normalized spacial score (nSPS) is 11.5. The van der Waals surface area contributed by atoms with Crippen molar-refractivity contribution >= 4 is 66.2 Å². The summed E-state index contributed by atoms with van der Waals surface area (Å²) in [5.41, 5.74) is 0.420. The first-order valence-electron chi connectivity index (χ1n) is 4.62. The minimum Gasteiger partial charge on any atom is -0.278 e. The second kappa shape index (κ2) is 5.38. The van der Waals surface area contributed by atoms with Gasteiger partial charge in [0.25, 0.3) is 10.0 Å². The predicted molar refractivity (Wildman–Crippen MR) is 79.3 cm³/mol. The van der Waals surface area contributed by atoms with E-state index < -0.39 is 10.0 Å². The van der Waals surface area contributed by atoms with E-state index in [1.807, 2.05) is 0 Å². The molecule has 0 unspecified atom stereocenters. The van der Waals surface area contributed by atoms with E-state index in [9.17, 15) is 8.42 Å². The van der Waals surface area contributed by atoms with Crippen LogP contribution in [0.5, 0.6) is 0 Å². The third-order valence-corrected chi connectivity index (χ3v) is 5.97. The summed E-state index contributed by atoms with van der Waals surface area (Å²) < 4.78 is 27.7. The second-order valence-corrected chi connectivity index (χ2v) is 8.20. The molecule has 1 aromatic heterocycles. The van der Waals surface area contributed by atoms with E-state index in [1.165, 1.54) is 12.1 Å². The molecule has 1 N–H and O–H groups in total. The predicted octanol–water partition coefficient (Wildman–Crippen LogP) is 4.62. The highest BCUT2D eigenvalue weighted by molar-refractivity contribution is 9.10. The van der Waals surface area contributed by atoms with Crippen LogP contribution in [0.15, 0.2) is 39.0 Å². The molecule has 0 aliphatic rings. The Hall–Kier alpha value is -0.270. The van der Waals surface area contributed by atoms with Crippen molar-refractivity contribution in [2.45, 2.75) is 4.21 Å². The third-order valence-electron chi connectivity index (χ3n) is 1.99. The molecule has 96 valence electrons. The molecule has 0 saturated carbocycles. The Morgan fingerprint density at radius 2 is 1.89 bits per heavy atom. The summed E-state index contributed by atoms with van der Waals surface area (Å²) in [4.78, 5) is 0. The lowest BCUT2D eigenvalue weighted by molar-refractivity contribution is 0.603. The summed E-state index contributed by atoms with van der Waals surface area (Å²) in [5.74, 6) is 0. The van der Waals surface area contributed by atoms with Crippen LogP contribution in [0.2, 0.25) is 9.36 Å². The maximum absolute atomic E-state index is 12.0. The Morgan fingerprint density at radius 3 is 2.44 bits per heavy atom. The SMILES string of the molecule is O=S(=O)(Nc1ccc(Cl)cc1Br)c1ccc(Cl)s1. The Bertz CT molecular complexity index is 685. The van der Waals surface area contributed by atoms with E-state index in [1.54, 1.807) is 18.2 Å². The lowest BCUT2D eigenvalue weighted by atomic mass is 10.3. The van der Waals surface area contributed by atoms with Crippen molar-refractivity contribution in [3.63, 3.8) is 0 Å². The van der Waals surface area contributed by atoms with Gasteiger partial charge < -0.3 is 0 Å². The number of hydrogen-bond donors (Lipinski definition) is 1. The van der Waals surface area contributed by atoms with Gasteiger partial charge in [-0.3, -0.25) is 4.72 Å². The molecule has 0 fully saturated rings. The lowest BCUT2D eigenvalue weighted by Gasteiger charge is -2.08. The van der Waals surface area contributed by atoms with Crippen molar-refractivity contribution in [1.29, 1.82) is 0 Å². The molecular weight excluding hydrogens is 381 g/mol. The third kappa shape index (κ3) is 3.19. The van der Waals surface area contributed by atoms with Crippen molar-refractivity contribution < 1.29 is 8.42 Å². The van der Waals surface area contributed by atoms with Gasteiger partial charge >= 0.3 is 0 Å². The second-order valence-electron chi connectivity index (χ2n) is 3.29. The summed E-state index contributed by atoms with van der Waals surface area (Å²) in [6.45, 7) is 0. The van der Waals surface area contributed by atoms with Gasteiger partial charge in [0.2, 0.25) is 0 Å².